The van der Waals surface area contributed by atoms with E-state index in [0.717, 1.165) is 24.2 Å². The molecule has 2 aromatic carbocycles. The average Bonchev–Trinajstić information content (AvgIpc) is 2.58. The molecule has 1 atom stereocenters. The van der Waals surface area contributed by atoms with E-state index in [-0.39, 0.29) is 11.9 Å². The molecule has 1 fully saturated rings. The summed E-state index contributed by atoms with van der Waals surface area (Å²) in [4.78, 5) is 16.8. The van der Waals surface area contributed by atoms with Crippen molar-refractivity contribution in [2.24, 2.45) is 0 Å². The maximum Gasteiger partial charge on any atom is 0.253 e. The van der Waals surface area contributed by atoms with Crippen LogP contribution in [0.25, 0.3) is 0 Å². The summed E-state index contributed by atoms with van der Waals surface area (Å²) >= 11 is 12.1. The Morgan fingerprint density at radius 2 is 1.78 bits per heavy atom. The lowest BCUT2D eigenvalue weighted by Crippen LogP contribution is -2.49. The highest BCUT2D eigenvalue weighted by molar-refractivity contribution is 6.42. The third-order valence-electron chi connectivity index (χ3n) is 4.28. The van der Waals surface area contributed by atoms with Gasteiger partial charge in [-0.25, -0.2) is 0 Å². The van der Waals surface area contributed by atoms with Crippen molar-refractivity contribution < 1.29 is 4.79 Å². The van der Waals surface area contributed by atoms with Gasteiger partial charge in [0.15, 0.2) is 0 Å². The highest BCUT2D eigenvalue weighted by Gasteiger charge is 2.29. The van der Waals surface area contributed by atoms with Gasteiger partial charge >= 0.3 is 0 Å². The van der Waals surface area contributed by atoms with Crippen molar-refractivity contribution in [2.75, 3.05) is 26.7 Å². The van der Waals surface area contributed by atoms with Gasteiger partial charge in [-0.2, -0.15) is 0 Å². The molecular weight excluding hydrogens is 331 g/mol. The molecule has 0 saturated carbocycles. The number of amides is 1. The Kier molecular flexibility index (Phi) is 4.90. The quantitative estimate of drug-likeness (QED) is 0.814. The standard InChI is InChI=1S/C18H18Cl2N2O/c1-21-9-10-22(18(23)13-5-3-2-4-6-13)12-17(21)14-7-8-15(19)16(20)11-14/h2-8,11,17H,9-10,12H2,1H3. The largest absolute Gasteiger partial charge is 0.335 e. The minimum absolute atomic E-state index is 0.0729. The maximum absolute atomic E-state index is 12.7. The van der Waals surface area contributed by atoms with E-state index in [4.69, 9.17) is 23.2 Å². The van der Waals surface area contributed by atoms with Crippen LogP contribution in [0.15, 0.2) is 48.5 Å². The fourth-order valence-corrected chi connectivity index (χ4v) is 3.21. The van der Waals surface area contributed by atoms with Crippen LogP contribution in [-0.2, 0) is 0 Å². The van der Waals surface area contributed by atoms with Crippen LogP contribution in [0.2, 0.25) is 10.0 Å². The molecule has 2 aromatic rings. The highest BCUT2D eigenvalue weighted by Crippen LogP contribution is 2.30. The van der Waals surface area contributed by atoms with E-state index >= 15 is 0 Å². The third kappa shape index (κ3) is 3.52. The van der Waals surface area contributed by atoms with Crippen molar-refractivity contribution in [1.29, 1.82) is 0 Å². The second-order valence-electron chi connectivity index (χ2n) is 5.79. The van der Waals surface area contributed by atoms with Crippen LogP contribution >= 0.6 is 23.2 Å². The van der Waals surface area contributed by atoms with Crippen molar-refractivity contribution >= 4 is 29.1 Å². The normalized spacial score (nSPS) is 18.9. The Hall–Kier alpha value is -1.55. The fourth-order valence-electron chi connectivity index (χ4n) is 2.90. The van der Waals surface area contributed by atoms with Crippen LogP contribution in [0.3, 0.4) is 0 Å². The summed E-state index contributed by atoms with van der Waals surface area (Å²) in [6.07, 6.45) is 0. The Labute approximate surface area is 146 Å². The molecular formula is C18H18Cl2N2O. The van der Waals surface area contributed by atoms with Crippen LogP contribution in [0.5, 0.6) is 0 Å². The van der Waals surface area contributed by atoms with Gasteiger partial charge in [-0.1, -0.05) is 47.5 Å². The van der Waals surface area contributed by atoms with Gasteiger partial charge in [-0.15, -0.1) is 0 Å². The average molecular weight is 349 g/mol. The van der Waals surface area contributed by atoms with Crippen molar-refractivity contribution in [1.82, 2.24) is 9.80 Å². The third-order valence-corrected chi connectivity index (χ3v) is 5.02. The van der Waals surface area contributed by atoms with Gasteiger partial charge < -0.3 is 4.90 Å². The predicted molar refractivity (Wildman–Crippen MR) is 94.2 cm³/mol. The van der Waals surface area contributed by atoms with Crippen molar-refractivity contribution in [3.63, 3.8) is 0 Å². The molecule has 0 aliphatic carbocycles. The van der Waals surface area contributed by atoms with Gasteiger partial charge in [0, 0.05) is 25.2 Å². The summed E-state index contributed by atoms with van der Waals surface area (Å²) < 4.78 is 0. The molecule has 5 heteroatoms. The molecule has 1 amide bonds. The first kappa shape index (κ1) is 16.3. The Bertz CT molecular complexity index is 705. The number of hydrogen-bond acceptors (Lipinski definition) is 2. The van der Waals surface area contributed by atoms with E-state index in [2.05, 4.69) is 11.9 Å². The first-order valence-corrected chi connectivity index (χ1v) is 8.31. The number of piperazine rings is 1. The number of nitrogens with zero attached hydrogens (tertiary/aromatic N) is 2. The minimum atomic E-state index is 0.0729. The van der Waals surface area contributed by atoms with E-state index in [1.807, 2.05) is 53.4 Å². The second kappa shape index (κ2) is 6.91. The number of carbonyl (C=O) groups excluding carboxylic acids is 1. The molecule has 0 N–H and O–H groups in total. The van der Waals surface area contributed by atoms with Crippen molar-refractivity contribution in [3.8, 4) is 0 Å². The molecule has 0 spiro atoms. The monoisotopic (exact) mass is 348 g/mol. The maximum atomic E-state index is 12.7. The predicted octanol–water partition coefficient (Wildman–Crippen LogP) is 4.12. The lowest BCUT2D eigenvalue weighted by molar-refractivity contribution is 0.0546. The van der Waals surface area contributed by atoms with Crippen LogP contribution in [0.4, 0.5) is 0 Å². The molecule has 1 saturated heterocycles. The summed E-state index contributed by atoms with van der Waals surface area (Å²) in [5, 5.41) is 1.09. The second-order valence-corrected chi connectivity index (χ2v) is 6.60. The zero-order valence-electron chi connectivity index (χ0n) is 12.9. The van der Waals surface area contributed by atoms with Gasteiger partial charge in [0.1, 0.15) is 0 Å². The van der Waals surface area contributed by atoms with E-state index in [1.165, 1.54) is 0 Å². The molecule has 3 nitrogen and oxygen atoms in total. The first-order chi connectivity index (χ1) is 11.1. The van der Waals surface area contributed by atoms with Crippen LogP contribution in [0, 0.1) is 0 Å². The van der Waals surface area contributed by atoms with Gasteiger partial charge in [-0.05, 0) is 36.9 Å². The van der Waals surface area contributed by atoms with Crippen molar-refractivity contribution in [2.45, 2.75) is 6.04 Å². The summed E-state index contributed by atoms with van der Waals surface area (Å²) in [5.41, 5.74) is 1.80. The van der Waals surface area contributed by atoms with E-state index < -0.39 is 0 Å². The molecule has 0 aromatic heterocycles. The molecule has 3 rings (SSSR count). The van der Waals surface area contributed by atoms with Gasteiger partial charge in [0.2, 0.25) is 0 Å². The first-order valence-electron chi connectivity index (χ1n) is 7.56. The molecule has 1 aliphatic heterocycles. The lowest BCUT2D eigenvalue weighted by Gasteiger charge is -2.39. The molecule has 23 heavy (non-hydrogen) atoms. The summed E-state index contributed by atoms with van der Waals surface area (Å²) in [6.45, 7) is 2.19. The van der Waals surface area contributed by atoms with Crippen LogP contribution in [0.1, 0.15) is 22.0 Å². The molecule has 120 valence electrons. The fraction of sp³-hybridized carbons (Fsp3) is 0.278. The molecule has 0 radical (unpaired) electrons. The Morgan fingerprint density at radius 1 is 1.04 bits per heavy atom. The minimum Gasteiger partial charge on any atom is -0.335 e. The smallest absolute Gasteiger partial charge is 0.253 e. The summed E-state index contributed by atoms with van der Waals surface area (Å²) in [6, 6.07) is 15.2. The Morgan fingerprint density at radius 3 is 2.48 bits per heavy atom. The van der Waals surface area contributed by atoms with Gasteiger partial charge in [-0.3, -0.25) is 9.69 Å². The van der Waals surface area contributed by atoms with E-state index in [9.17, 15) is 4.79 Å². The van der Waals surface area contributed by atoms with Crippen LogP contribution < -0.4 is 0 Å². The number of rotatable bonds is 2. The number of halogens is 2. The highest BCUT2D eigenvalue weighted by atomic mass is 35.5. The number of likely N-dealkylation sites (N-methyl/N-ethyl adjacent to an activating group) is 1. The number of benzene rings is 2. The lowest BCUT2D eigenvalue weighted by atomic mass is 10.0. The molecule has 1 heterocycles. The van der Waals surface area contributed by atoms with Gasteiger partial charge in [0.25, 0.3) is 5.91 Å². The number of carbonyl (C=O) groups is 1. The van der Waals surface area contributed by atoms with Gasteiger partial charge in [0.05, 0.1) is 16.1 Å². The zero-order chi connectivity index (χ0) is 16.4. The molecule has 0 bridgehead atoms. The Balaban J connectivity index is 1.81. The molecule has 1 aliphatic rings. The summed E-state index contributed by atoms with van der Waals surface area (Å²) in [7, 11) is 2.07. The topological polar surface area (TPSA) is 23.6 Å². The van der Waals surface area contributed by atoms with Crippen molar-refractivity contribution in [3.05, 3.63) is 69.7 Å². The number of hydrogen-bond donors (Lipinski definition) is 0. The zero-order valence-corrected chi connectivity index (χ0v) is 14.4. The van der Waals surface area contributed by atoms with Crippen LogP contribution in [-0.4, -0.2) is 42.4 Å². The SMILES string of the molecule is CN1CCN(C(=O)c2ccccc2)CC1c1ccc(Cl)c(Cl)c1. The summed E-state index contributed by atoms with van der Waals surface area (Å²) in [5.74, 6) is 0.0729. The van der Waals surface area contributed by atoms with E-state index in [1.54, 1.807) is 0 Å². The molecule has 1 unspecified atom stereocenters. The van der Waals surface area contributed by atoms with E-state index in [0.29, 0.717) is 16.6 Å².